The van der Waals surface area contributed by atoms with Crippen molar-refractivity contribution in [2.45, 2.75) is 32.4 Å². The third-order valence-electron chi connectivity index (χ3n) is 5.75. The van der Waals surface area contributed by atoms with E-state index >= 15 is 0 Å². The maximum atomic E-state index is 13.7. The van der Waals surface area contributed by atoms with Crippen LogP contribution in [0.5, 0.6) is 17.2 Å². The topological polar surface area (TPSA) is 77.1 Å². The second kappa shape index (κ2) is 14.1. The van der Waals surface area contributed by atoms with Gasteiger partial charge < -0.3 is 24.4 Å². The molecule has 37 heavy (non-hydrogen) atoms. The minimum Gasteiger partial charge on any atom is -0.496 e. The fourth-order valence-corrected chi connectivity index (χ4v) is 4.06. The molecule has 196 valence electrons. The van der Waals surface area contributed by atoms with Crippen molar-refractivity contribution >= 4 is 23.4 Å². The zero-order valence-corrected chi connectivity index (χ0v) is 22.2. The van der Waals surface area contributed by atoms with Gasteiger partial charge in [0.05, 0.1) is 14.2 Å². The third-order valence-corrected chi connectivity index (χ3v) is 5.98. The van der Waals surface area contributed by atoms with Crippen LogP contribution in [0.4, 0.5) is 0 Å². The van der Waals surface area contributed by atoms with Gasteiger partial charge in [0.1, 0.15) is 23.3 Å². The quantitative estimate of drug-likeness (QED) is 0.344. The molecule has 0 aliphatic rings. The predicted octanol–water partition coefficient (Wildman–Crippen LogP) is 4.90. The Morgan fingerprint density at radius 1 is 0.892 bits per heavy atom. The Labute approximate surface area is 223 Å². The molecular formula is C29H33ClN2O5. The molecule has 3 aromatic carbocycles. The van der Waals surface area contributed by atoms with Crippen LogP contribution < -0.4 is 19.5 Å². The minimum absolute atomic E-state index is 0.196. The van der Waals surface area contributed by atoms with Crippen molar-refractivity contribution in [2.24, 2.45) is 0 Å². The van der Waals surface area contributed by atoms with Gasteiger partial charge in [0.15, 0.2) is 6.61 Å². The highest BCUT2D eigenvalue weighted by atomic mass is 35.5. The zero-order chi connectivity index (χ0) is 26.6. The molecule has 1 N–H and O–H groups in total. The molecule has 0 radical (unpaired) electrons. The molecule has 0 bridgehead atoms. The van der Waals surface area contributed by atoms with Gasteiger partial charge in [0.25, 0.3) is 5.91 Å². The van der Waals surface area contributed by atoms with Gasteiger partial charge in [-0.25, -0.2) is 0 Å². The van der Waals surface area contributed by atoms with Crippen LogP contribution in [0.25, 0.3) is 0 Å². The van der Waals surface area contributed by atoms with Crippen molar-refractivity contribution in [2.75, 3.05) is 27.4 Å². The summed E-state index contributed by atoms with van der Waals surface area (Å²) >= 11 is 6.22. The van der Waals surface area contributed by atoms with Crippen molar-refractivity contribution < 1.29 is 23.8 Å². The van der Waals surface area contributed by atoms with E-state index in [0.29, 0.717) is 35.2 Å². The van der Waals surface area contributed by atoms with Gasteiger partial charge in [-0.3, -0.25) is 9.59 Å². The summed E-state index contributed by atoms with van der Waals surface area (Å²) in [5, 5.41) is 3.51. The first kappa shape index (κ1) is 27.9. The number of amides is 2. The number of benzene rings is 3. The van der Waals surface area contributed by atoms with Crippen LogP contribution in [0.1, 0.15) is 24.5 Å². The van der Waals surface area contributed by atoms with E-state index in [1.165, 1.54) is 0 Å². The second-order valence-electron chi connectivity index (χ2n) is 8.49. The molecule has 3 rings (SSSR count). The maximum Gasteiger partial charge on any atom is 0.261 e. The van der Waals surface area contributed by atoms with Crippen molar-refractivity contribution in [1.29, 1.82) is 0 Å². The number of ether oxygens (including phenoxy) is 3. The predicted molar refractivity (Wildman–Crippen MR) is 144 cm³/mol. The Morgan fingerprint density at radius 2 is 1.54 bits per heavy atom. The molecule has 0 heterocycles. The first-order valence-electron chi connectivity index (χ1n) is 12.1. The molecule has 0 fully saturated rings. The lowest BCUT2D eigenvalue weighted by atomic mass is 10.0. The number of hydrogen-bond acceptors (Lipinski definition) is 5. The van der Waals surface area contributed by atoms with Gasteiger partial charge in [-0.2, -0.15) is 0 Å². The number of nitrogens with zero attached hydrogens (tertiary/aromatic N) is 1. The van der Waals surface area contributed by atoms with Crippen LogP contribution >= 0.6 is 11.6 Å². The smallest absolute Gasteiger partial charge is 0.261 e. The summed E-state index contributed by atoms with van der Waals surface area (Å²) in [7, 11) is 3.08. The number of carbonyl (C=O) groups excluding carboxylic acids is 2. The minimum atomic E-state index is -0.746. The van der Waals surface area contributed by atoms with Crippen molar-refractivity contribution in [3.63, 3.8) is 0 Å². The number of nitrogens with one attached hydrogen (secondary N) is 1. The summed E-state index contributed by atoms with van der Waals surface area (Å²) in [6, 6.07) is 21.2. The van der Waals surface area contributed by atoms with Gasteiger partial charge in [-0.1, -0.05) is 61.0 Å². The Kier molecular flexibility index (Phi) is 10.6. The van der Waals surface area contributed by atoms with E-state index in [9.17, 15) is 9.59 Å². The van der Waals surface area contributed by atoms with Crippen molar-refractivity contribution in [3.05, 3.63) is 88.9 Å². The van der Waals surface area contributed by atoms with Crippen LogP contribution in [-0.2, 0) is 22.6 Å². The Hall–Kier alpha value is -3.71. The highest BCUT2D eigenvalue weighted by Crippen LogP contribution is 2.27. The number of hydrogen-bond donors (Lipinski definition) is 1. The Bertz CT molecular complexity index is 1150. The Balaban J connectivity index is 1.90. The normalized spacial score (nSPS) is 11.4. The molecule has 8 heteroatoms. The second-order valence-corrected chi connectivity index (χ2v) is 8.92. The molecule has 1 atom stereocenters. The lowest BCUT2D eigenvalue weighted by Crippen LogP contribution is -2.51. The Morgan fingerprint density at radius 3 is 2.16 bits per heavy atom. The average molecular weight is 525 g/mol. The molecule has 0 aromatic heterocycles. The van der Waals surface area contributed by atoms with Crippen LogP contribution in [0.2, 0.25) is 5.02 Å². The molecule has 0 saturated carbocycles. The maximum absolute atomic E-state index is 13.7. The van der Waals surface area contributed by atoms with E-state index in [-0.39, 0.29) is 25.0 Å². The summed E-state index contributed by atoms with van der Waals surface area (Å²) in [4.78, 5) is 28.6. The summed E-state index contributed by atoms with van der Waals surface area (Å²) < 4.78 is 16.4. The van der Waals surface area contributed by atoms with Crippen molar-refractivity contribution in [3.8, 4) is 17.2 Å². The van der Waals surface area contributed by atoms with Gasteiger partial charge in [-0.05, 0) is 29.7 Å². The fourth-order valence-electron chi connectivity index (χ4n) is 3.84. The lowest BCUT2D eigenvalue weighted by Gasteiger charge is -2.31. The molecule has 0 aliphatic carbocycles. The lowest BCUT2D eigenvalue weighted by molar-refractivity contribution is -0.142. The summed E-state index contributed by atoms with van der Waals surface area (Å²) in [6.45, 7) is 2.42. The standard InChI is InChI=1S/C29H33ClN2O5/c1-4-13-31-29(34)27(15-21-9-6-5-7-10-21)32(19-22-11-8-12-23(30)14-22)28(33)20-37-26-17-24(35-2)16-25(18-26)36-3/h5-12,14,16-18,27H,4,13,15,19-20H2,1-3H3,(H,31,34). The highest BCUT2D eigenvalue weighted by molar-refractivity contribution is 6.30. The van der Waals surface area contributed by atoms with Crippen molar-refractivity contribution in [1.82, 2.24) is 10.2 Å². The fraction of sp³-hybridized carbons (Fsp3) is 0.310. The van der Waals surface area contributed by atoms with Gasteiger partial charge in [-0.15, -0.1) is 0 Å². The SMILES string of the molecule is CCCNC(=O)C(Cc1ccccc1)N(Cc1cccc(Cl)c1)C(=O)COc1cc(OC)cc(OC)c1. The molecule has 0 saturated heterocycles. The van der Waals surface area contributed by atoms with E-state index in [1.54, 1.807) is 49.5 Å². The molecule has 1 unspecified atom stereocenters. The number of halogens is 1. The van der Waals surface area contributed by atoms with E-state index in [1.807, 2.05) is 49.4 Å². The molecular weight excluding hydrogens is 492 g/mol. The molecule has 2 amide bonds. The molecule has 7 nitrogen and oxygen atoms in total. The number of methoxy groups -OCH3 is 2. The number of rotatable bonds is 13. The molecule has 3 aromatic rings. The van der Waals surface area contributed by atoms with E-state index in [4.69, 9.17) is 25.8 Å². The van der Waals surface area contributed by atoms with Crippen LogP contribution in [-0.4, -0.2) is 50.1 Å². The van der Waals surface area contributed by atoms with Gasteiger partial charge in [0.2, 0.25) is 5.91 Å². The monoisotopic (exact) mass is 524 g/mol. The van der Waals surface area contributed by atoms with E-state index < -0.39 is 6.04 Å². The summed E-state index contributed by atoms with van der Waals surface area (Å²) in [6.07, 6.45) is 1.14. The highest BCUT2D eigenvalue weighted by Gasteiger charge is 2.30. The third kappa shape index (κ3) is 8.43. The van der Waals surface area contributed by atoms with Crippen LogP contribution in [0.3, 0.4) is 0 Å². The van der Waals surface area contributed by atoms with Crippen LogP contribution in [0, 0.1) is 0 Å². The summed E-state index contributed by atoms with van der Waals surface area (Å²) in [5.41, 5.74) is 1.76. The van der Waals surface area contributed by atoms with Gasteiger partial charge in [0, 0.05) is 42.7 Å². The number of carbonyl (C=O) groups is 2. The largest absolute Gasteiger partial charge is 0.496 e. The van der Waals surface area contributed by atoms with E-state index in [0.717, 1.165) is 17.5 Å². The van der Waals surface area contributed by atoms with Crippen LogP contribution in [0.15, 0.2) is 72.8 Å². The average Bonchev–Trinajstić information content (AvgIpc) is 2.92. The zero-order valence-electron chi connectivity index (χ0n) is 21.4. The molecule has 0 spiro atoms. The van der Waals surface area contributed by atoms with Gasteiger partial charge >= 0.3 is 0 Å². The first-order valence-corrected chi connectivity index (χ1v) is 12.5. The van der Waals surface area contributed by atoms with E-state index in [2.05, 4.69) is 5.32 Å². The first-order chi connectivity index (χ1) is 17.9. The molecule has 0 aliphatic heterocycles. The summed E-state index contributed by atoms with van der Waals surface area (Å²) in [5.74, 6) is 0.942.